The normalized spacial score (nSPS) is 13.1. The fourth-order valence-electron chi connectivity index (χ4n) is 3.74. The quantitative estimate of drug-likeness (QED) is 0.463. The van der Waals surface area contributed by atoms with Gasteiger partial charge in [0, 0.05) is 25.6 Å². The van der Waals surface area contributed by atoms with E-state index >= 15 is 0 Å². The van der Waals surface area contributed by atoms with E-state index in [9.17, 15) is 18.0 Å². The minimum Gasteiger partial charge on any atom is -0.352 e. The third kappa shape index (κ3) is 8.17. The highest BCUT2D eigenvalue weighted by Gasteiger charge is 2.29. The van der Waals surface area contributed by atoms with Gasteiger partial charge >= 0.3 is 0 Å². The van der Waals surface area contributed by atoms with Crippen molar-refractivity contribution in [2.24, 2.45) is 0 Å². The first-order chi connectivity index (χ1) is 16.2. The Labute approximate surface area is 204 Å². The summed E-state index contributed by atoms with van der Waals surface area (Å²) in [5.74, 6) is -0.334. The van der Waals surface area contributed by atoms with Crippen molar-refractivity contribution < 1.29 is 18.0 Å². The average Bonchev–Trinajstić information content (AvgIpc) is 2.81. The molecule has 34 heavy (non-hydrogen) atoms. The van der Waals surface area contributed by atoms with Crippen molar-refractivity contribution >= 4 is 27.5 Å². The third-order valence-corrected chi connectivity index (χ3v) is 6.97. The van der Waals surface area contributed by atoms with E-state index in [1.54, 1.807) is 29.2 Å². The van der Waals surface area contributed by atoms with Crippen molar-refractivity contribution in [1.29, 1.82) is 0 Å². The molecule has 2 atom stereocenters. The molecule has 0 aliphatic carbocycles. The molecular formula is C26H37N3O4S. The molecule has 0 saturated heterocycles. The molecule has 2 aromatic carbocycles. The monoisotopic (exact) mass is 487 g/mol. The fourth-order valence-corrected chi connectivity index (χ4v) is 4.70. The van der Waals surface area contributed by atoms with E-state index in [1.165, 1.54) is 4.31 Å². The molecule has 2 amide bonds. The van der Waals surface area contributed by atoms with Crippen molar-refractivity contribution in [1.82, 2.24) is 10.2 Å². The molecule has 0 aliphatic heterocycles. The van der Waals surface area contributed by atoms with Gasteiger partial charge in [-0.2, -0.15) is 0 Å². The maximum atomic E-state index is 13.4. The molecule has 0 unspecified atom stereocenters. The van der Waals surface area contributed by atoms with Crippen LogP contribution >= 0.6 is 0 Å². The summed E-state index contributed by atoms with van der Waals surface area (Å²) in [5, 5.41) is 3.00. The second kappa shape index (κ2) is 13.1. The minimum absolute atomic E-state index is 0.0180. The molecule has 2 rings (SSSR count). The summed E-state index contributed by atoms with van der Waals surface area (Å²) in [6.07, 6.45) is 2.93. The van der Waals surface area contributed by atoms with Crippen molar-refractivity contribution in [2.45, 2.75) is 65.1 Å². The van der Waals surface area contributed by atoms with E-state index in [2.05, 4.69) is 5.32 Å². The number of carbonyl (C=O) groups excluding carboxylic acids is 2. The van der Waals surface area contributed by atoms with Crippen molar-refractivity contribution in [3.05, 3.63) is 66.2 Å². The van der Waals surface area contributed by atoms with Crippen molar-refractivity contribution in [3.63, 3.8) is 0 Å². The number of rotatable bonds is 13. The standard InChI is InChI=1S/C26H37N3O4S/c1-5-21(3)27-26(31)24(6-2)28(20-22-14-9-7-10-15-22)25(30)18-13-19-29(34(4,32)33)23-16-11-8-12-17-23/h7-12,14-17,21,24H,5-6,13,18-20H2,1-4H3,(H,27,31)/t21-,24+/m0/s1. The summed E-state index contributed by atoms with van der Waals surface area (Å²) in [4.78, 5) is 28.0. The number of carbonyl (C=O) groups is 2. The molecule has 2 aromatic rings. The van der Waals surface area contributed by atoms with Crippen LogP contribution in [0, 0.1) is 0 Å². The van der Waals surface area contributed by atoms with Crippen LogP contribution < -0.4 is 9.62 Å². The first-order valence-corrected chi connectivity index (χ1v) is 13.7. The highest BCUT2D eigenvalue weighted by atomic mass is 32.2. The van der Waals surface area contributed by atoms with Gasteiger partial charge in [0.25, 0.3) is 0 Å². The van der Waals surface area contributed by atoms with Gasteiger partial charge in [0.2, 0.25) is 21.8 Å². The Bertz CT molecular complexity index is 1010. The number of nitrogens with zero attached hydrogens (tertiary/aromatic N) is 2. The second-order valence-electron chi connectivity index (χ2n) is 8.52. The van der Waals surface area contributed by atoms with E-state index in [1.807, 2.05) is 57.2 Å². The molecule has 0 aliphatic rings. The molecule has 0 aromatic heterocycles. The molecule has 0 fully saturated rings. The summed E-state index contributed by atoms with van der Waals surface area (Å²) in [6, 6.07) is 17.9. The van der Waals surface area contributed by atoms with Crippen LogP contribution in [0.5, 0.6) is 0 Å². The zero-order valence-corrected chi connectivity index (χ0v) is 21.4. The van der Waals surface area contributed by atoms with Gasteiger partial charge < -0.3 is 10.2 Å². The summed E-state index contributed by atoms with van der Waals surface area (Å²) in [7, 11) is -3.49. The van der Waals surface area contributed by atoms with Crippen molar-refractivity contribution in [2.75, 3.05) is 17.1 Å². The molecule has 0 radical (unpaired) electrons. The number of para-hydroxylation sites is 1. The first-order valence-electron chi connectivity index (χ1n) is 11.8. The topological polar surface area (TPSA) is 86.8 Å². The maximum Gasteiger partial charge on any atom is 0.243 e. The number of benzene rings is 2. The summed E-state index contributed by atoms with van der Waals surface area (Å²) in [5.41, 5.74) is 1.51. The Morgan fingerprint density at radius 1 is 0.941 bits per heavy atom. The Kier molecular flexibility index (Phi) is 10.6. The Hall–Kier alpha value is -2.87. The van der Waals surface area contributed by atoms with Gasteiger partial charge in [-0.3, -0.25) is 13.9 Å². The van der Waals surface area contributed by atoms with Crippen LogP contribution in [0.1, 0.15) is 52.0 Å². The summed E-state index contributed by atoms with van der Waals surface area (Å²) < 4.78 is 26.0. The molecular weight excluding hydrogens is 450 g/mol. The molecule has 8 heteroatoms. The average molecular weight is 488 g/mol. The SMILES string of the molecule is CC[C@H](C(=O)N[C@@H](C)CC)N(Cc1ccccc1)C(=O)CCCN(c1ccccc1)S(C)(=O)=O. The Balaban J connectivity index is 2.17. The second-order valence-corrected chi connectivity index (χ2v) is 10.4. The number of anilines is 1. The lowest BCUT2D eigenvalue weighted by atomic mass is 10.1. The predicted molar refractivity (Wildman–Crippen MR) is 137 cm³/mol. The molecule has 0 heterocycles. The first kappa shape index (κ1) is 27.4. The summed E-state index contributed by atoms with van der Waals surface area (Å²) >= 11 is 0. The van der Waals surface area contributed by atoms with Crippen LogP contribution in [-0.4, -0.2) is 50.0 Å². The number of sulfonamides is 1. The van der Waals surface area contributed by atoms with Crippen LogP contribution in [-0.2, 0) is 26.2 Å². The Morgan fingerprint density at radius 2 is 1.53 bits per heavy atom. The maximum absolute atomic E-state index is 13.4. The minimum atomic E-state index is -3.49. The van der Waals surface area contributed by atoms with E-state index in [0.717, 1.165) is 18.2 Å². The zero-order valence-electron chi connectivity index (χ0n) is 20.6. The van der Waals surface area contributed by atoms with Gasteiger partial charge in [-0.25, -0.2) is 8.42 Å². The van der Waals surface area contributed by atoms with Crippen LogP contribution in [0.3, 0.4) is 0 Å². The van der Waals surface area contributed by atoms with Gasteiger partial charge in [0.05, 0.1) is 11.9 Å². The van der Waals surface area contributed by atoms with Crippen LogP contribution in [0.2, 0.25) is 0 Å². The van der Waals surface area contributed by atoms with Crippen LogP contribution in [0.15, 0.2) is 60.7 Å². The third-order valence-electron chi connectivity index (χ3n) is 5.78. The van der Waals surface area contributed by atoms with Gasteiger partial charge in [0.1, 0.15) is 6.04 Å². The lowest BCUT2D eigenvalue weighted by Crippen LogP contribution is -2.50. The Morgan fingerprint density at radius 3 is 2.06 bits per heavy atom. The molecule has 186 valence electrons. The van der Waals surface area contributed by atoms with Gasteiger partial charge in [-0.15, -0.1) is 0 Å². The number of hydrogen-bond donors (Lipinski definition) is 1. The van der Waals surface area contributed by atoms with E-state index in [0.29, 0.717) is 25.1 Å². The van der Waals surface area contributed by atoms with Crippen LogP contribution in [0.4, 0.5) is 5.69 Å². The van der Waals surface area contributed by atoms with Gasteiger partial charge in [-0.05, 0) is 43.9 Å². The number of nitrogens with one attached hydrogen (secondary N) is 1. The molecule has 0 bridgehead atoms. The highest BCUT2D eigenvalue weighted by molar-refractivity contribution is 7.92. The molecule has 7 nitrogen and oxygen atoms in total. The van der Waals surface area contributed by atoms with E-state index in [4.69, 9.17) is 0 Å². The fraction of sp³-hybridized carbons (Fsp3) is 0.462. The largest absolute Gasteiger partial charge is 0.352 e. The van der Waals surface area contributed by atoms with Gasteiger partial charge in [0.15, 0.2) is 0 Å². The number of hydrogen-bond acceptors (Lipinski definition) is 4. The van der Waals surface area contributed by atoms with E-state index < -0.39 is 16.1 Å². The van der Waals surface area contributed by atoms with Crippen LogP contribution in [0.25, 0.3) is 0 Å². The highest BCUT2D eigenvalue weighted by Crippen LogP contribution is 2.19. The zero-order chi connectivity index (χ0) is 25.1. The lowest BCUT2D eigenvalue weighted by Gasteiger charge is -2.32. The summed E-state index contributed by atoms with van der Waals surface area (Å²) in [6.45, 7) is 6.34. The lowest BCUT2D eigenvalue weighted by molar-refractivity contribution is -0.141. The molecule has 0 saturated carbocycles. The van der Waals surface area contributed by atoms with Gasteiger partial charge in [-0.1, -0.05) is 62.4 Å². The number of amides is 2. The smallest absolute Gasteiger partial charge is 0.243 e. The van der Waals surface area contributed by atoms with E-state index in [-0.39, 0.29) is 30.8 Å². The molecule has 1 N–H and O–H groups in total. The molecule has 0 spiro atoms. The predicted octanol–water partition coefficient (Wildman–Crippen LogP) is 3.95. The van der Waals surface area contributed by atoms with Crippen molar-refractivity contribution in [3.8, 4) is 0 Å².